The van der Waals surface area contributed by atoms with Crippen LogP contribution in [-0.4, -0.2) is 35.4 Å². The summed E-state index contributed by atoms with van der Waals surface area (Å²) in [5.41, 5.74) is 0. The zero-order valence-electron chi connectivity index (χ0n) is 16.6. The summed E-state index contributed by atoms with van der Waals surface area (Å²) in [7, 11) is 0. The Labute approximate surface area is 178 Å². The predicted molar refractivity (Wildman–Crippen MR) is 119 cm³/mol. The first-order chi connectivity index (χ1) is 10.7. The average Bonchev–Trinajstić information content (AvgIpc) is 2.51. The van der Waals surface area contributed by atoms with Crippen LogP contribution in [0.4, 0.5) is 0 Å². The zero-order valence-corrected chi connectivity index (χ0v) is 21.1. The van der Waals surface area contributed by atoms with E-state index in [9.17, 15) is 0 Å². The quantitative estimate of drug-likeness (QED) is 0.191. The van der Waals surface area contributed by atoms with E-state index in [1.165, 1.54) is 64.2 Å². The van der Waals surface area contributed by atoms with E-state index in [-0.39, 0.29) is 23.9 Å². The van der Waals surface area contributed by atoms with Crippen LogP contribution in [0.1, 0.15) is 105 Å². The van der Waals surface area contributed by atoms with E-state index in [2.05, 4.69) is 27.7 Å². The van der Waals surface area contributed by atoms with Gasteiger partial charge in [-0.15, -0.1) is 0 Å². The van der Waals surface area contributed by atoms with Gasteiger partial charge in [-0.1, -0.05) is 119 Å². The third-order valence-electron chi connectivity index (χ3n) is 2.50. The van der Waals surface area contributed by atoms with Crippen molar-refractivity contribution in [2.75, 3.05) is 11.5 Å². The molecule has 0 unspecified atom stereocenters. The van der Waals surface area contributed by atoms with E-state index in [0.717, 1.165) is 24.3 Å². The van der Waals surface area contributed by atoms with E-state index in [1.54, 1.807) is 0 Å². The molecule has 0 spiro atoms. The van der Waals surface area contributed by atoms with Gasteiger partial charge >= 0.3 is 23.9 Å². The Balaban J connectivity index is -0.0000000680. The van der Waals surface area contributed by atoms with Gasteiger partial charge in [0.2, 0.25) is 0 Å². The molecule has 0 aliphatic rings. The Morgan fingerprint density at radius 1 is 0.522 bits per heavy atom. The molecule has 0 atom stereocenters. The molecule has 0 aliphatic heterocycles. The van der Waals surface area contributed by atoms with Crippen LogP contribution in [0.15, 0.2) is 0 Å². The summed E-state index contributed by atoms with van der Waals surface area (Å²) < 4.78 is 0. The second-order valence-corrected chi connectivity index (χ2v) is 6.05. The molecule has 0 saturated carbocycles. The minimum Gasteiger partial charge on any atom is -0.793 e. The SMILES string of the molecule is CCCCCCC[S-].CCCCCCC[S-].[CH2]CC.[CH2]CC.[Sn+2]. The van der Waals surface area contributed by atoms with Crippen LogP contribution in [0.25, 0.3) is 0 Å². The monoisotopic (exact) mass is 468 g/mol. The molecule has 0 aromatic carbocycles. The Kier molecular flexibility index (Phi) is 76.6. The molecular formula is C20H44S2Sn. The Hall–Kier alpha value is 1.50. The molecule has 0 N–H and O–H groups in total. The normalized spacial score (nSPS) is 8.35. The van der Waals surface area contributed by atoms with Gasteiger partial charge in [0.05, 0.1) is 0 Å². The fraction of sp³-hybridized carbons (Fsp3) is 0.900. The first kappa shape index (κ1) is 35.6. The van der Waals surface area contributed by atoms with Gasteiger partial charge in [0.25, 0.3) is 0 Å². The van der Waals surface area contributed by atoms with Crippen molar-refractivity contribution in [1.82, 2.24) is 0 Å². The molecule has 0 nitrogen and oxygen atoms in total. The summed E-state index contributed by atoms with van der Waals surface area (Å²) in [5, 5.41) is 0. The summed E-state index contributed by atoms with van der Waals surface area (Å²) in [6.07, 6.45) is 15.4. The summed E-state index contributed by atoms with van der Waals surface area (Å²) in [4.78, 5) is 0. The Morgan fingerprint density at radius 2 is 0.739 bits per heavy atom. The smallest absolute Gasteiger partial charge is 0.793 e. The van der Waals surface area contributed by atoms with Crippen LogP contribution in [-0.2, 0) is 25.3 Å². The van der Waals surface area contributed by atoms with Gasteiger partial charge in [0.15, 0.2) is 0 Å². The van der Waals surface area contributed by atoms with Crippen LogP contribution in [0.3, 0.4) is 0 Å². The van der Waals surface area contributed by atoms with Gasteiger partial charge in [-0.25, -0.2) is 0 Å². The first-order valence-electron chi connectivity index (χ1n) is 9.41. The molecule has 4 radical (unpaired) electrons. The van der Waals surface area contributed by atoms with Gasteiger partial charge in [-0.05, 0) is 0 Å². The van der Waals surface area contributed by atoms with Crippen molar-refractivity contribution in [3.05, 3.63) is 13.8 Å². The maximum atomic E-state index is 4.80. The largest absolute Gasteiger partial charge is 2.00 e. The van der Waals surface area contributed by atoms with Gasteiger partial charge in [-0.3, -0.25) is 0 Å². The summed E-state index contributed by atoms with van der Waals surface area (Å²) in [6, 6.07) is 0. The van der Waals surface area contributed by atoms with Crippen LogP contribution in [0.5, 0.6) is 0 Å². The van der Waals surface area contributed by atoms with E-state index < -0.39 is 0 Å². The second-order valence-electron chi connectivity index (χ2n) is 5.24. The molecule has 0 aromatic rings. The standard InChI is InChI=1S/2C7H16S.2C3H7.Sn/c2*1-2-3-4-5-6-7-8;2*1-3-2;/h2*8H,2-7H2,1H3;2*1,3H2,2H3;/q;;;;+2/p-2. The fourth-order valence-corrected chi connectivity index (χ4v) is 1.82. The molecule has 0 heterocycles. The van der Waals surface area contributed by atoms with Crippen molar-refractivity contribution < 1.29 is 0 Å². The van der Waals surface area contributed by atoms with E-state index >= 15 is 0 Å². The molecule has 0 aromatic heterocycles. The van der Waals surface area contributed by atoms with E-state index in [4.69, 9.17) is 25.3 Å². The molecule has 3 heteroatoms. The molecule has 0 aliphatic carbocycles. The van der Waals surface area contributed by atoms with Crippen molar-refractivity contribution in [2.24, 2.45) is 0 Å². The third kappa shape index (κ3) is 82.1. The number of rotatable bonds is 10. The van der Waals surface area contributed by atoms with E-state index in [0.29, 0.717) is 0 Å². The molecule has 0 rings (SSSR count). The van der Waals surface area contributed by atoms with Crippen LogP contribution >= 0.6 is 0 Å². The molecular weight excluding hydrogens is 423 g/mol. The van der Waals surface area contributed by atoms with Crippen molar-refractivity contribution in [3.8, 4) is 0 Å². The second kappa shape index (κ2) is 49.5. The maximum absolute atomic E-state index is 4.80. The number of unbranched alkanes of at least 4 members (excludes halogenated alkanes) is 8. The van der Waals surface area contributed by atoms with Gasteiger partial charge in [0, 0.05) is 0 Å². The third-order valence-corrected chi connectivity index (χ3v) is 3.07. The van der Waals surface area contributed by atoms with Crippen molar-refractivity contribution in [1.29, 1.82) is 0 Å². The summed E-state index contributed by atoms with van der Waals surface area (Å²) in [6.45, 7) is 15.5. The number of hydrogen-bond donors (Lipinski definition) is 0. The molecule has 0 bridgehead atoms. The average molecular weight is 467 g/mol. The van der Waals surface area contributed by atoms with Crippen LogP contribution < -0.4 is 0 Å². The topological polar surface area (TPSA) is 0 Å². The Morgan fingerprint density at radius 3 is 0.913 bits per heavy atom. The maximum Gasteiger partial charge on any atom is 2.00 e. The van der Waals surface area contributed by atoms with Crippen molar-refractivity contribution in [3.63, 3.8) is 0 Å². The fourth-order valence-electron chi connectivity index (χ4n) is 1.41. The van der Waals surface area contributed by atoms with Gasteiger partial charge in [0.1, 0.15) is 0 Å². The van der Waals surface area contributed by atoms with Gasteiger partial charge in [-0.2, -0.15) is 11.5 Å². The van der Waals surface area contributed by atoms with Crippen molar-refractivity contribution in [2.45, 2.75) is 105 Å². The molecule has 0 saturated heterocycles. The molecule has 0 fully saturated rings. The van der Waals surface area contributed by atoms with Gasteiger partial charge < -0.3 is 25.3 Å². The summed E-state index contributed by atoms with van der Waals surface area (Å²) >= 11 is 9.60. The van der Waals surface area contributed by atoms with E-state index in [1.807, 2.05) is 13.8 Å². The summed E-state index contributed by atoms with van der Waals surface area (Å²) in [5.74, 6) is 1.90. The predicted octanol–water partition coefficient (Wildman–Crippen LogP) is 7.09. The minimum atomic E-state index is 0. The number of hydrogen-bond acceptors (Lipinski definition) is 2. The molecule has 0 amide bonds. The van der Waals surface area contributed by atoms with Crippen LogP contribution in [0.2, 0.25) is 0 Å². The van der Waals surface area contributed by atoms with Crippen molar-refractivity contribution >= 4 is 49.2 Å². The zero-order chi connectivity index (χ0) is 17.9. The molecule has 140 valence electrons. The Bertz CT molecular complexity index is 96.2. The minimum absolute atomic E-state index is 0. The first-order valence-corrected chi connectivity index (χ1v) is 10.6. The van der Waals surface area contributed by atoms with Crippen LogP contribution in [0, 0.1) is 13.8 Å². The molecule has 23 heavy (non-hydrogen) atoms.